The summed E-state index contributed by atoms with van der Waals surface area (Å²) in [5.41, 5.74) is 4.50. The molecule has 6 nitrogen and oxygen atoms in total. The Kier molecular flexibility index (Phi) is 6.22. The predicted molar refractivity (Wildman–Crippen MR) is 126 cm³/mol. The van der Waals surface area contributed by atoms with Gasteiger partial charge in [-0.05, 0) is 42.7 Å². The van der Waals surface area contributed by atoms with Crippen LogP contribution in [0.3, 0.4) is 0 Å². The van der Waals surface area contributed by atoms with Gasteiger partial charge >= 0.3 is 0 Å². The fourth-order valence-electron chi connectivity index (χ4n) is 3.50. The van der Waals surface area contributed by atoms with E-state index in [1.165, 1.54) is 0 Å². The van der Waals surface area contributed by atoms with Gasteiger partial charge in [0, 0.05) is 11.8 Å². The van der Waals surface area contributed by atoms with Crippen molar-refractivity contribution in [3.8, 4) is 22.8 Å². The van der Waals surface area contributed by atoms with Crippen LogP contribution >= 0.6 is 0 Å². The van der Waals surface area contributed by atoms with Crippen LogP contribution in [0.2, 0.25) is 0 Å². The quantitative estimate of drug-likeness (QED) is 0.399. The lowest BCUT2D eigenvalue weighted by atomic mass is 10.1. The second-order valence-corrected chi connectivity index (χ2v) is 7.42. The number of ether oxygens (including phenoxy) is 2. The summed E-state index contributed by atoms with van der Waals surface area (Å²) in [6.45, 7) is 5.59. The minimum absolute atomic E-state index is 0.162. The van der Waals surface area contributed by atoms with Crippen molar-refractivity contribution in [1.82, 2.24) is 9.38 Å². The number of nitrogens with one attached hydrogen (secondary N) is 1. The zero-order valence-corrected chi connectivity index (χ0v) is 18.2. The number of aryl methyl sites for hydroxylation is 1. The second kappa shape index (κ2) is 9.39. The number of allylic oxidation sites excluding steroid dienone is 1. The topological polar surface area (TPSA) is 64.9 Å². The van der Waals surface area contributed by atoms with Crippen LogP contribution in [0, 0.1) is 6.92 Å². The molecule has 2 heterocycles. The highest BCUT2D eigenvalue weighted by Gasteiger charge is 2.17. The fourth-order valence-corrected chi connectivity index (χ4v) is 3.50. The number of pyridine rings is 1. The van der Waals surface area contributed by atoms with E-state index in [-0.39, 0.29) is 12.5 Å². The minimum Gasteiger partial charge on any atom is -0.493 e. The van der Waals surface area contributed by atoms with Crippen LogP contribution in [-0.4, -0.2) is 29.0 Å². The van der Waals surface area contributed by atoms with E-state index in [0.29, 0.717) is 23.0 Å². The number of fused-ring (bicyclic) bond motifs is 1. The molecule has 0 aliphatic heterocycles. The van der Waals surface area contributed by atoms with E-state index in [2.05, 4.69) is 11.9 Å². The number of carbonyl (C=O) groups is 1. The first-order chi connectivity index (χ1) is 15.6. The first-order valence-corrected chi connectivity index (χ1v) is 10.3. The van der Waals surface area contributed by atoms with Gasteiger partial charge in [-0.3, -0.25) is 9.20 Å². The Bertz CT molecular complexity index is 1260. The highest BCUT2D eigenvalue weighted by atomic mass is 16.5. The van der Waals surface area contributed by atoms with E-state index < -0.39 is 0 Å². The monoisotopic (exact) mass is 427 g/mol. The number of hydrogen-bond donors (Lipinski definition) is 1. The van der Waals surface area contributed by atoms with Crippen LogP contribution in [0.25, 0.3) is 16.9 Å². The van der Waals surface area contributed by atoms with Crippen LogP contribution in [0.4, 0.5) is 5.82 Å². The van der Waals surface area contributed by atoms with Gasteiger partial charge in [0.15, 0.2) is 18.1 Å². The van der Waals surface area contributed by atoms with Crippen molar-refractivity contribution in [3.63, 3.8) is 0 Å². The Hall–Kier alpha value is -4.06. The molecule has 2 aromatic carbocycles. The van der Waals surface area contributed by atoms with Gasteiger partial charge in [-0.25, -0.2) is 4.98 Å². The van der Waals surface area contributed by atoms with Crippen molar-refractivity contribution >= 4 is 17.4 Å². The predicted octanol–water partition coefficient (Wildman–Crippen LogP) is 5.06. The van der Waals surface area contributed by atoms with Crippen molar-refractivity contribution in [3.05, 3.63) is 90.6 Å². The summed E-state index contributed by atoms with van der Waals surface area (Å²) < 4.78 is 13.1. The van der Waals surface area contributed by atoms with E-state index in [0.717, 1.165) is 28.8 Å². The number of imidazole rings is 1. The number of amides is 1. The normalized spacial score (nSPS) is 10.7. The molecule has 6 heteroatoms. The molecule has 0 saturated carbocycles. The third-order valence-corrected chi connectivity index (χ3v) is 5.04. The number of anilines is 1. The lowest BCUT2D eigenvalue weighted by Gasteiger charge is -2.12. The van der Waals surface area contributed by atoms with Gasteiger partial charge in [0.25, 0.3) is 5.91 Å². The van der Waals surface area contributed by atoms with Crippen LogP contribution in [0.15, 0.2) is 79.5 Å². The minimum atomic E-state index is -0.289. The summed E-state index contributed by atoms with van der Waals surface area (Å²) in [4.78, 5) is 17.6. The molecular formula is C26H25N3O3. The summed E-state index contributed by atoms with van der Waals surface area (Å²) in [6.07, 6.45) is 4.50. The van der Waals surface area contributed by atoms with Gasteiger partial charge in [-0.1, -0.05) is 48.5 Å². The number of carbonyl (C=O) groups excluding carboxylic acids is 1. The number of nitrogens with zero attached hydrogens (tertiary/aromatic N) is 2. The Labute approximate surface area is 187 Å². The van der Waals surface area contributed by atoms with Crippen molar-refractivity contribution < 1.29 is 14.3 Å². The summed E-state index contributed by atoms with van der Waals surface area (Å²) in [5.74, 6) is 1.40. The molecule has 0 aliphatic rings. The Morgan fingerprint density at radius 3 is 2.69 bits per heavy atom. The molecule has 32 heavy (non-hydrogen) atoms. The summed E-state index contributed by atoms with van der Waals surface area (Å²) in [7, 11) is 1.58. The summed E-state index contributed by atoms with van der Waals surface area (Å²) in [5, 5.41) is 2.98. The van der Waals surface area contributed by atoms with Crippen molar-refractivity contribution in [2.45, 2.75) is 13.3 Å². The van der Waals surface area contributed by atoms with Crippen LogP contribution < -0.4 is 14.8 Å². The Balaban J connectivity index is 1.58. The Morgan fingerprint density at radius 2 is 1.94 bits per heavy atom. The third kappa shape index (κ3) is 4.49. The molecule has 0 spiro atoms. The smallest absolute Gasteiger partial charge is 0.263 e. The molecule has 0 bridgehead atoms. The third-order valence-electron chi connectivity index (χ3n) is 5.04. The van der Waals surface area contributed by atoms with Crippen LogP contribution in [-0.2, 0) is 11.2 Å². The standard InChI is InChI=1S/C26H25N3O3/c1-4-8-19-12-13-21(22(15-19)31-3)32-17-24(30)28-26-25(20-9-6-5-7-10-20)27-23-14-11-18(2)16-29(23)26/h4-7,9-16H,1,8,17H2,2-3H3,(H,28,30). The van der Waals surface area contributed by atoms with E-state index in [1.54, 1.807) is 13.2 Å². The SMILES string of the molecule is C=CCc1ccc(OCC(=O)Nc2c(-c3ccccc3)nc3ccc(C)cn23)c(OC)c1. The maximum atomic E-state index is 12.8. The van der Waals surface area contributed by atoms with Gasteiger partial charge < -0.3 is 14.8 Å². The van der Waals surface area contributed by atoms with Gasteiger partial charge in [0.1, 0.15) is 17.2 Å². The first-order valence-electron chi connectivity index (χ1n) is 10.3. The highest BCUT2D eigenvalue weighted by molar-refractivity contribution is 5.95. The van der Waals surface area contributed by atoms with Crippen molar-refractivity contribution in [2.75, 3.05) is 19.0 Å². The zero-order valence-electron chi connectivity index (χ0n) is 18.2. The first kappa shape index (κ1) is 21.2. The maximum Gasteiger partial charge on any atom is 0.263 e. The summed E-state index contributed by atoms with van der Waals surface area (Å²) in [6, 6.07) is 19.3. The molecule has 0 unspecified atom stereocenters. The van der Waals surface area contributed by atoms with E-state index in [1.807, 2.05) is 78.2 Å². The molecule has 4 rings (SSSR count). The van der Waals surface area contributed by atoms with Crippen LogP contribution in [0.5, 0.6) is 11.5 Å². The zero-order chi connectivity index (χ0) is 22.5. The number of aromatic nitrogens is 2. The Morgan fingerprint density at radius 1 is 1.12 bits per heavy atom. The lowest BCUT2D eigenvalue weighted by Crippen LogP contribution is -2.21. The molecule has 0 aliphatic carbocycles. The van der Waals surface area contributed by atoms with Gasteiger partial charge in [-0.2, -0.15) is 0 Å². The molecule has 1 amide bonds. The average Bonchev–Trinajstić information content (AvgIpc) is 3.16. The number of hydrogen-bond acceptors (Lipinski definition) is 4. The van der Waals surface area contributed by atoms with E-state index >= 15 is 0 Å². The fraction of sp³-hybridized carbons (Fsp3) is 0.154. The van der Waals surface area contributed by atoms with E-state index in [4.69, 9.17) is 14.5 Å². The highest BCUT2D eigenvalue weighted by Crippen LogP contribution is 2.30. The largest absolute Gasteiger partial charge is 0.493 e. The molecule has 2 aromatic heterocycles. The molecule has 0 radical (unpaired) electrons. The molecule has 162 valence electrons. The van der Waals surface area contributed by atoms with Gasteiger partial charge in [0.2, 0.25) is 0 Å². The average molecular weight is 428 g/mol. The maximum absolute atomic E-state index is 12.8. The number of methoxy groups -OCH3 is 1. The van der Waals surface area contributed by atoms with Gasteiger partial charge in [-0.15, -0.1) is 6.58 Å². The molecule has 0 fully saturated rings. The van der Waals surface area contributed by atoms with Gasteiger partial charge in [0.05, 0.1) is 7.11 Å². The molecule has 0 saturated heterocycles. The second-order valence-electron chi connectivity index (χ2n) is 7.42. The number of benzene rings is 2. The summed E-state index contributed by atoms with van der Waals surface area (Å²) >= 11 is 0. The molecule has 4 aromatic rings. The molecule has 0 atom stereocenters. The molecule has 1 N–H and O–H groups in total. The lowest BCUT2D eigenvalue weighted by molar-refractivity contribution is -0.118. The van der Waals surface area contributed by atoms with Crippen molar-refractivity contribution in [1.29, 1.82) is 0 Å². The number of rotatable bonds is 8. The molecular weight excluding hydrogens is 402 g/mol. The van der Waals surface area contributed by atoms with E-state index in [9.17, 15) is 4.79 Å². The van der Waals surface area contributed by atoms with Crippen molar-refractivity contribution in [2.24, 2.45) is 0 Å². The van der Waals surface area contributed by atoms with Crippen LogP contribution in [0.1, 0.15) is 11.1 Å².